The smallest absolute Gasteiger partial charge is 0.180 e. The van der Waals surface area contributed by atoms with Crippen molar-refractivity contribution in [2.24, 2.45) is 0 Å². The van der Waals surface area contributed by atoms with Crippen LogP contribution in [0.2, 0.25) is 0 Å². The maximum Gasteiger partial charge on any atom is 0.180 e. The van der Waals surface area contributed by atoms with E-state index in [1.54, 1.807) is 6.07 Å². The number of para-hydroxylation sites is 1. The van der Waals surface area contributed by atoms with Gasteiger partial charge in [-0.3, -0.25) is 4.79 Å². The van der Waals surface area contributed by atoms with Crippen molar-refractivity contribution in [1.29, 1.82) is 0 Å². The summed E-state index contributed by atoms with van der Waals surface area (Å²) in [4.78, 5) is 11.9. The average molecular weight is 221 g/mol. The highest BCUT2D eigenvalue weighted by Crippen LogP contribution is 2.19. The molecule has 0 spiro atoms. The van der Waals surface area contributed by atoms with Crippen LogP contribution in [0.5, 0.6) is 5.75 Å². The predicted molar refractivity (Wildman–Crippen MR) is 65.1 cm³/mol. The molecule has 0 heterocycles. The van der Waals surface area contributed by atoms with Gasteiger partial charge in [0.15, 0.2) is 5.78 Å². The molecule has 1 aromatic carbocycles. The molecule has 3 nitrogen and oxygen atoms in total. The molecule has 1 rings (SSSR count). The number of ketones is 1. The van der Waals surface area contributed by atoms with Gasteiger partial charge in [0.1, 0.15) is 5.75 Å². The molecule has 1 N–H and O–H groups in total. The second-order valence-electron chi connectivity index (χ2n) is 3.87. The molecule has 0 radical (unpaired) electrons. The number of Topliss-reactive ketones (excluding diaryl/α,β-unsaturated/α-hetero) is 1. The highest BCUT2D eigenvalue weighted by molar-refractivity contribution is 6.00. The van der Waals surface area contributed by atoms with Crippen LogP contribution in [0, 0.1) is 0 Å². The summed E-state index contributed by atoms with van der Waals surface area (Å²) in [7, 11) is 0. The Morgan fingerprint density at radius 1 is 1.38 bits per heavy atom. The Morgan fingerprint density at radius 2 is 2.06 bits per heavy atom. The normalized spacial score (nSPS) is 10.5. The van der Waals surface area contributed by atoms with Gasteiger partial charge in [0, 0.05) is 0 Å². The molecule has 0 saturated carbocycles. The zero-order valence-electron chi connectivity index (χ0n) is 10.1. The van der Waals surface area contributed by atoms with Gasteiger partial charge in [-0.15, -0.1) is 0 Å². The lowest BCUT2D eigenvalue weighted by Crippen LogP contribution is -2.23. The molecule has 0 bridgehead atoms. The van der Waals surface area contributed by atoms with Crippen LogP contribution < -0.4 is 10.1 Å². The first kappa shape index (κ1) is 12.7. The number of hydrogen-bond acceptors (Lipinski definition) is 3. The van der Waals surface area contributed by atoms with Crippen LogP contribution in [-0.2, 0) is 0 Å². The quantitative estimate of drug-likeness (QED) is 0.749. The number of benzene rings is 1. The molecule has 88 valence electrons. The van der Waals surface area contributed by atoms with Gasteiger partial charge in [-0.1, -0.05) is 19.1 Å². The van der Waals surface area contributed by atoms with Gasteiger partial charge in [-0.25, -0.2) is 0 Å². The SMILES string of the molecule is CCNCC(=O)c1ccccc1OC(C)C. The zero-order valence-corrected chi connectivity index (χ0v) is 10.1. The number of nitrogens with one attached hydrogen (secondary N) is 1. The molecule has 0 amide bonds. The Kier molecular flexibility index (Phi) is 4.99. The second kappa shape index (κ2) is 6.28. The fourth-order valence-electron chi connectivity index (χ4n) is 1.39. The monoisotopic (exact) mass is 221 g/mol. The van der Waals surface area contributed by atoms with Crippen LogP contribution in [0.3, 0.4) is 0 Å². The van der Waals surface area contributed by atoms with E-state index in [0.29, 0.717) is 17.9 Å². The molecule has 3 heteroatoms. The maximum absolute atomic E-state index is 11.9. The van der Waals surface area contributed by atoms with Crippen LogP contribution in [0.15, 0.2) is 24.3 Å². The Balaban J connectivity index is 2.81. The van der Waals surface area contributed by atoms with E-state index in [1.807, 2.05) is 39.0 Å². The van der Waals surface area contributed by atoms with E-state index >= 15 is 0 Å². The molecule has 0 aliphatic carbocycles. The number of carbonyl (C=O) groups is 1. The van der Waals surface area contributed by atoms with Gasteiger partial charge >= 0.3 is 0 Å². The lowest BCUT2D eigenvalue weighted by molar-refractivity contribution is 0.0986. The van der Waals surface area contributed by atoms with Crippen molar-refractivity contribution in [2.75, 3.05) is 13.1 Å². The first-order valence-electron chi connectivity index (χ1n) is 5.64. The van der Waals surface area contributed by atoms with E-state index in [1.165, 1.54) is 0 Å². The maximum atomic E-state index is 11.9. The van der Waals surface area contributed by atoms with Crippen molar-refractivity contribution in [3.8, 4) is 5.75 Å². The third-order valence-electron chi connectivity index (χ3n) is 2.09. The fraction of sp³-hybridized carbons (Fsp3) is 0.462. The number of rotatable bonds is 6. The summed E-state index contributed by atoms with van der Waals surface area (Å²) in [6.45, 7) is 7.02. The Hall–Kier alpha value is -1.35. The molecule has 16 heavy (non-hydrogen) atoms. The lowest BCUT2D eigenvalue weighted by Gasteiger charge is -2.13. The summed E-state index contributed by atoms with van der Waals surface area (Å²) in [5, 5.41) is 3.02. The molecule has 0 aliphatic heterocycles. The van der Waals surface area contributed by atoms with Crippen molar-refractivity contribution in [3.63, 3.8) is 0 Å². The average Bonchev–Trinajstić information content (AvgIpc) is 2.26. The van der Waals surface area contributed by atoms with E-state index in [4.69, 9.17) is 4.74 Å². The third kappa shape index (κ3) is 3.66. The Morgan fingerprint density at radius 3 is 2.69 bits per heavy atom. The fourth-order valence-corrected chi connectivity index (χ4v) is 1.39. The number of likely N-dealkylation sites (N-methyl/N-ethyl adjacent to an activating group) is 1. The summed E-state index contributed by atoms with van der Waals surface area (Å²) in [6.07, 6.45) is 0.0769. The van der Waals surface area contributed by atoms with E-state index < -0.39 is 0 Å². The standard InChI is InChI=1S/C13H19NO2/c1-4-14-9-12(15)11-7-5-6-8-13(11)16-10(2)3/h5-8,10,14H,4,9H2,1-3H3. The van der Waals surface area contributed by atoms with Crippen molar-refractivity contribution in [3.05, 3.63) is 29.8 Å². The lowest BCUT2D eigenvalue weighted by atomic mass is 10.1. The summed E-state index contributed by atoms with van der Waals surface area (Å²) in [5.74, 6) is 0.735. The molecule has 0 saturated heterocycles. The minimum Gasteiger partial charge on any atom is -0.490 e. The van der Waals surface area contributed by atoms with Gasteiger partial charge in [-0.2, -0.15) is 0 Å². The molecule has 0 unspecified atom stereocenters. The topological polar surface area (TPSA) is 38.3 Å². The van der Waals surface area contributed by atoms with E-state index in [0.717, 1.165) is 6.54 Å². The summed E-state index contributed by atoms with van der Waals surface area (Å²) in [6, 6.07) is 7.37. The number of carbonyl (C=O) groups excluding carboxylic acids is 1. The first-order chi connectivity index (χ1) is 7.65. The van der Waals surface area contributed by atoms with Crippen LogP contribution in [0.4, 0.5) is 0 Å². The minimum absolute atomic E-state index is 0.0677. The van der Waals surface area contributed by atoms with Gasteiger partial charge < -0.3 is 10.1 Å². The molecule has 0 aliphatic rings. The van der Waals surface area contributed by atoms with Crippen LogP contribution in [-0.4, -0.2) is 25.0 Å². The van der Waals surface area contributed by atoms with Crippen molar-refractivity contribution in [2.45, 2.75) is 26.9 Å². The van der Waals surface area contributed by atoms with Crippen LogP contribution in [0.1, 0.15) is 31.1 Å². The molecular formula is C13H19NO2. The summed E-state index contributed by atoms with van der Waals surface area (Å²) in [5.41, 5.74) is 0.650. The molecular weight excluding hydrogens is 202 g/mol. The number of ether oxygens (including phenoxy) is 1. The minimum atomic E-state index is 0.0677. The Labute approximate surface area is 96.8 Å². The van der Waals surface area contributed by atoms with Crippen LogP contribution >= 0.6 is 0 Å². The zero-order chi connectivity index (χ0) is 12.0. The first-order valence-corrected chi connectivity index (χ1v) is 5.64. The van der Waals surface area contributed by atoms with Gasteiger partial charge in [0.2, 0.25) is 0 Å². The number of hydrogen-bond donors (Lipinski definition) is 1. The highest BCUT2D eigenvalue weighted by atomic mass is 16.5. The van der Waals surface area contributed by atoms with Crippen molar-refractivity contribution < 1.29 is 9.53 Å². The predicted octanol–water partition coefficient (Wildman–Crippen LogP) is 2.27. The molecule has 0 fully saturated rings. The van der Waals surface area contributed by atoms with Gasteiger partial charge in [0.25, 0.3) is 0 Å². The molecule has 1 aromatic rings. The Bertz CT molecular complexity index is 348. The van der Waals surface area contributed by atoms with Crippen LogP contribution in [0.25, 0.3) is 0 Å². The molecule has 0 atom stereocenters. The second-order valence-corrected chi connectivity index (χ2v) is 3.87. The third-order valence-corrected chi connectivity index (χ3v) is 2.09. The van der Waals surface area contributed by atoms with Gasteiger partial charge in [0.05, 0.1) is 18.2 Å². The summed E-state index contributed by atoms with van der Waals surface area (Å²) < 4.78 is 5.60. The van der Waals surface area contributed by atoms with Gasteiger partial charge in [-0.05, 0) is 32.5 Å². The van der Waals surface area contributed by atoms with Crippen molar-refractivity contribution >= 4 is 5.78 Å². The summed E-state index contributed by atoms with van der Waals surface area (Å²) >= 11 is 0. The molecule has 0 aromatic heterocycles. The largest absolute Gasteiger partial charge is 0.490 e. The van der Waals surface area contributed by atoms with E-state index in [9.17, 15) is 4.79 Å². The highest BCUT2D eigenvalue weighted by Gasteiger charge is 2.11. The van der Waals surface area contributed by atoms with Crippen molar-refractivity contribution in [1.82, 2.24) is 5.32 Å². The van der Waals surface area contributed by atoms with E-state index in [2.05, 4.69) is 5.32 Å². The van der Waals surface area contributed by atoms with E-state index in [-0.39, 0.29) is 11.9 Å².